The number of hydrogen-bond donors (Lipinski definition) is 0. The third kappa shape index (κ3) is 1.47. The highest BCUT2D eigenvalue weighted by Gasteiger charge is 2.25. The van der Waals surface area contributed by atoms with E-state index >= 15 is 0 Å². The predicted octanol–water partition coefficient (Wildman–Crippen LogP) is 2.32. The van der Waals surface area contributed by atoms with Crippen LogP contribution in [0.2, 0.25) is 0 Å². The van der Waals surface area contributed by atoms with Crippen LogP contribution in [0.15, 0.2) is 6.07 Å². The number of nitrogens with zero attached hydrogens (tertiary/aromatic N) is 1. The van der Waals surface area contributed by atoms with Crippen molar-refractivity contribution in [3.8, 4) is 0 Å². The van der Waals surface area contributed by atoms with Gasteiger partial charge in [0, 0.05) is 11.6 Å². The molecule has 0 amide bonds. The molecular formula is C7H4F3NO2. The van der Waals surface area contributed by atoms with E-state index in [4.69, 9.17) is 0 Å². The van der Waals surface area contributed by atoms with Crippen molar-refractivity contribution < 1.29 is 18.1 Å². The minimum atomic E-state index is -1.51. The van der Waals surface area contributed by atoms with Gasteiger partial charge in [-0.2, -0.15) is 8.78 Å². The van der Waals surface area contributed by atoms with Crippen LogP contribution in [0.25, 0.3) is 0 Å². The fraction of sp³-hybridized carbons (Fsp3) is 0.143. The highest BCUT2D eigenvalue weighted by atomic mass is 19.1. The number of nitro benzene ring substituents is 1. The second-order valence-corrected chi connectivity index (χ2v) is 2.38. The number of hydrogen-bond acceptors (Lipinski definition) is 2. The summed E-state index contributed by atoms with van der Waals surface area (Å²) in [6, 6.07) is 0.288. The first-order valence-electron chi connectivity index (χ1n) is 3.23. The minimum absolute atomic E-state index is 0.288. The van der Waals surface area contributed by atoms with Crippen LogP contribution < -0.4 is 0 Å². The second kappa shape index (κ2) is 3.04. The van der Waals surface area contributed by atoms with Gasteiger partial charge in [0.1, 0.15) is 5.82 Å². The summed E-state index contributed by atoms with van der Waals surface area (Å²) in [6.07, 6.45) is 0. The maximum Gasteiger partial charge on any atom is 0.340 e. The zero-order valence-electron chi connectivity index (χ0n) is 6.47. The summed E-state index contributed by atoms with van der Waals surface area (Å²) in [7, 11) is 0. The summed E-state index contributed by atoms with van der Waals surface area (Å²) >= 11 is 0. The SMILES string of the molecule is Cc1c(F)cc(F)c([N+](=O)[O-])c1F. The van der Waals surface area contributed by atoms with Crippen molar-refractivity contribution in [1.82, 2.24) is 0 Å². The molecule has 0 aliphatic rings. The minimum Gasteiger partial charge on any atom is -0.258 e. The molecule has 0 bridgehead atoms. The van der Waals surface area contributed by atoms with Gasteiger partial charge in [0.2, 0.25) is 11.6 Å². The lowest BCUT2D eigenvalue weighted by Gasteiger charge is -2.00. The molecule has 1 aromatic carbocycles. The summed E-state index contributed by atoms with van der Waals surface area (Å²) in [5, 5.41) is 10.1. The normalized spacial score (nSPS) is 10.2. The first kappa shape index (κ1) is 9.50. The lowest BCUT2D eigenvalue weighted by molar-refractivity contribution is -0.390. The largest absolute Gasteiger partial charge is 0.340 e. The van der Waals surface area contributed by atoms with E-state index in [1.54, 1.807) is 0 Å². The molecule has 0 spiro atoms. The van der Waals surface area contributed by atoms with Gasteiger partial charge in [0.25, 0.3) is 0 Å². The average molecular weight is 191 g/mol. The number of benzene rings is 1. The first-order chi connectivity index (χ1) is 5.95. The van der Waals surface area contributed by atoms with Crippen LogP contribution in [0.5, 0.6) is 0 Å². The fourth-order valence-corrected chi connectivity index (χ4v) is 0.843. The van der Waals surface area contributed by atoms with Crippen molar-refractivity contribution in [3.63, 3.8) is 0 Å². The first-order valence-corrected chi connectivity index (χ1v) is 3.23. The van der Waals surface area contributed by atoms with Crippen LogP contribution in [0.1, 0.15) is 5.56 Å². The van der Waals surface area contributed by atoms with Gasteiger partial charge in [0.15, 0.2) is 0 Å². The molecule has 1 rings (SSSR count). The van der Waals surface area contributed by atoms with Crippen LogP contribution in [-0.4, -0.2) is 4.92 Å². The molecule has 0 atom stereocenters. The molecule has 70 valence electrons. The number of rotatable bonds is 1. The molecule has 0 saturated carbocycles. The quantitative estimate of drug-likeness (QED) is 0.505. The van der Waals surface area contributed by atoms with Gasteiger partial charge >= 0.3 is 5.69 Å². The molecule has 1 aromatic rings. The van der Waals surface area contributed by atoms with Crippen LogP contribution in [-0.2, 0) is 0 Å². The van der Waals surface area contributed by atoms with Gasteiger partial charge in [-0.15, -0.1) is 0 Å². The molecule has 3 nitrogen and oxygen atoms in total. The fourth-order valence-electron chi connectivity index (χ4n) is 0.843. The molecule has 0 aromatic heterocycles. The third-order valence-electron chi connectivity index (χ3n) is 1.56. The molecule has 0 unspecified atom stereocenters. The number of nitro groups is 1. The third-order valence-corrected chi connectivity index (χ3v) is 1.56. The maximum absolute atomic E-state index is 12.9. The molecule has 0 N–H and O–H groups in total. The van der Waals surface area contributed by atoms with Crippen molar-refractivity contribution in [2.24, 2.45) is 0 Å². The Kier molecular flexibility index (Phi) is 2.22. The van der Waals surface area contributed by atoms with E-state index in [0.29, 0.717) is 0 Å². The van der Waals surface area contributed by atoms with Crippen molar-refractivity contribution in [2.75, 3.05) is 0 Å². The van der Waals surface area contributed by atoms with Gasteiger partial charge in [-0.1, -0.05) is 0 Å². The van der Waals surface area contributed by atoms with E-state index in [9.17, 15) is 23.3 Å². The lowest BCUT2D eigenvalue weighted by atomic mass is 10.2. The highest BCUT2D eigenvalue weighted by Crippen LogP contribution is 2.25. The standard InChI is InChI=1S/C7H4F3NO2/c1-3-4(8)2-5(9)7(6(3)10)11(12)13/h2H,1H3. The van der Waals surface area contributed by atoms with Crippen molar-refractivity contribution >= 4 is 5.69 Å². The van der Waals surface area contributed by atoms with Gasteiger partial charge in [-0.3, -0.25) is 10.1 Å². The van der Waals surface area contributed by atoms with Crippen molar-refractivity contribution in [2.45, 2.75) is 6.92 Å². The molecule has 0 fully saturated rings. The number of halogens is 3. The molecule has 0 radical (unpaired) electrons. The molecule has 0 aliphatic carbocycles. The van der Waals surface area contributed by atoms with Crippen LogP contribution in [0.4, 0.5) is 18.9 Å². The summed E-state index contributed by atoms with van der Waals surface area (Å²) in [4.78, 5) is 8.88. The average Bonchev–Trinajstić information content (AvgIpc) is 1.99. The summed E-state index contributed by atoms with van der Waals surface area (Å²) < 4.78 is 38.1. The van der Waals surface area contributed by atoms with Gasteiger partial charge in [-0.05, 0) is 6.92 Å². The molecule has 6 heteroatoms. The Morgan fingerprint density at radius 3 is 2.31 bits per heavy atom. The lowest BCUT2D eigenvalue weighted by Crippen LogP contribution is -2.01. The van der Waals surface area contributed by atoms with E-state index in [-0.39, 0.29) is 6.07 Å². The van der Waals surface area contributed by atoms with Gasteiger partial charge in [0.05, 0.1) is 4.92 Å². The summed E-state index contributed by atoms with van der Waals surface area (Å²) in [5.41, 5.74) is -1.88. The molecule has 0 aliphatic heterocycles. The van der Waals surface area contributed by atoms with E-state index in [1.165, 1.54) is 0 Å². The van der Waals surface area contributed by atoms with Crippen LogP contribution in [0.3, 0.4) is 0 Å². The van der Waals surface area contributed by atoms with E-state index < -0.39 is 33.6 Å². The second-order valence-electron chi connectivity index (χ2n) is 2.38. The van der Waals surface area contributed by atoms with E-state index in [2.05, 4.69) is 0 Å². The Hall–Kier alpha value is -1.59. The van der Waals surface area contributed by atoms with E-state index in [0.717, 1.165) is 6.92 Å². The Bertz CT molecular complexity index is 378. The Balaban J connectivity index is 3.53. The molecule has 0 saturated heterocycles. The smallest absolute Gasteiger partial charge is 0.258 e. The van der Waals surface area contributed by atoms with E-state index in [1.807, 2.05) is 0 Å². The Morgan fingerprint density at radius 1 is 1.31 bits per heavy atom. The van der Waals surface area contributed by atoms with Crippen molar-refractivity contribution in [1.29, 1.82) is 0 Å². The summed E-state index contributed by atoms with van der Waals surface area (Å²) in [5.74, 6) is -4.12. The molecule has 0 heterocycles. The zero-order chi connectivity index (χ0) is 10.2. The van der Waals surface area contributed by atoms with Gasteiger partial charge in [-0.25, -0.2) is 4.39 Å². The Labute approximate surface area is 70.9 Å². The molecule has 13 heavy (non-hydrogen) atoms. The van der Waals surface area contributed by atoms with Crippen LogP contribution >= 0.6 is 0 Å². The van der Waals surface area contributed by atoms with Crippen molar-refractivity contribution in [3.05, 3.63) is 39.2 Å². The highest BCUT2D eigenvalue weighted by molar-refractivity contribution is 5.38. The van der Waals surface area contributed by atoms with Gasteiger partial charge < -0.3 is 0 Å². The molecular weight excluding hydrogens is 187 g/mol. The Morgan fingerprint density at radius 2 is 1.85 bits per heavy atom. The van der Waals surface area contributed by atoms with Crippen LogP contribution in [0, 0.1) is 34.5 Å². The maximum atomic E-state index is 12.9. The topological polar surface area (TPSA) is 43.1 Å². The monoisotopic (exact) mass is 191 g/mol. The predicted molar refractivity (Wildman–Crippen MR) is 37.7 cm³/mol. The summed E-state index contributed by atoms with van der Waals surface area (Å²) in [6.45, 7) is 0.997. The zero-order valence-corrected chi connectivity index (χ0v) is 6.47.